The number of nitrogens with two attached hydrogens (primary N) is 1. The number of nitrogens with one attached hydrogen (secondary N) is 1. The highest BCUT2D eigenvalue weighted by Crippen LogP contribution is 2.52. The standard InChI is InChI=1S/C19H19F2N5O6/c1-8(17(22)27)23-9-4-11-13(15-14(9)31-7-32-15)18-24-12(5-25(18)2-3-29-11)26-10(16(20)21)6-30-19(26)28/h4-5,8,10,16,23H,2-3,6-7H2,1H3,(H2,22,27)/t8-,10?/m0/s1. The summed E-state index contributed by atoms with van der Waals surface area (Å²) in [7, 11) is 0. The van der Waals surface area contributed by atoms with E-state index < -0.39 is 37.1 Å². The van der Waals surface area contributed by atoms with Crippen LogP contribution in [0.5, 0.6) is 17.2 Å². The Hall–Kier alpha value is -3.77. The number of alkyl halides is 2. The highest BCUT2D eigenvalue weighted by molar-refractivity contribution is 5.91. The van der Waals surface area contributed by atoms with Gasteiger partial charge in [0.1, 0.15) is 42.4 Å². The number of hydrogen-bond donors (Lipinski definition) is 2. The molecule has 3 aliphatic heterocycles. The SMILES string of the molecule is C[C@H](Nc1cc2c(c3c1OCO3)-c1nc(N3C(=O)OCC3C(F)F)cn1CCO2)C(N)=O. The Bertz CT molecular complexity index is 1110. The average Bonchev–Trinajstić information content (AvgIpc) is 3.45. The number of imidazole rings is 1. The van der Waals surface area contributed by atoms with Crippen LogP contribution in [0.1, 0.15) is 6.92 Å². The van der Waals surface area contributed by atoms with Crippen LogP contribution in [0.25, 0.3) is 11.4 Å². The van der Waals surface area contributed by atoms with Crippen molar-refractivity contribution in [2.45, 2.75) is 32.0 Å². The van der Waals surface area contributed by atoms with Crippen molar-refractivity contribution in [2.75, 3.05) is 30.2 Å². The van der Waals surface area contributed by atoms with Gasteiger partial charge < -0.3 is 34.6 Å². The Labute approximate surface area is 180 Å². The van der Waals surface area contributed by atoms with Gasteiger partial charge in [-0.3, -0.25) is 4.79 Å². The molecule has 0 aliphatic carbocycles. The Kier molecular flexibility index (Phi) is 4.68. The van der Waals surface area contributed by atoms with Crippen molar-refractivity contribution in [3.05, 3.63) is 12.3 Å². The molecule has 13 heteroatoms. The minimum absolute atomic E-state index is 0.0397. The molecule has 0 spiro atoms. The molecule has 1 saturated heterocycles. The molecule has 4 heterocycles. The van der Waals surface area contributed by atoms with Crippen molar-refractivity contribution in [2.24, 2.45) is 5.73 Å². The number of rotatable bonds is 5. The predicted molar refractivity (Wildman–Crippen MR) is 105 cm³/mol. The van der Waals surface area contributed by atoms with E-state index in [1.807, 2.05) is 0 Å². The van der Waals surface area contributed by atoms with Crippen LogP contribution in [0.2, 0.25) is 0 Å². The fourth-order valence-corrected chi connectivity index (χ4v) is 3.81. The molecular weight excluding hydrogens is 432 g/mol. The molecule has 11 nitrogen and oxygen atoms in total. The molecular formula is C19H19F2N5O6. The number of fused-ring (bicyclic) bond motifs is 5. The number of nitrogens with zero attached hydrogens (tertiary/aromatic N) is 3. The number of cyclic esters (lactones) is 1. The van der Waals surface area contributed by atoms with E-state index in [9.17, 15) is 18.4 Å². The highest BCUT2D eigenvalue weighted by Gasteiger charge is 2.42. The van der Waals surface area contributed by atoms with Gasteiger partial charge in [0.25, 0.3) is 6.43 Å². The molecule has 5 rings (SSSR count). The number of primary amides is 1. The van der Waals surface area contributed by atoms with Gasteiger partial charge in [0, 0.05) is 12.3 Å². The van der Waals surface area contributed by atoms with Gasteiger partial charge in [-0.2, -0.15) is 0 Å². The molecule has 1 unspecified atom stereocenters. The minimum atomic E-state index is -2.79. The average molecular weight is 451 g/mol. The van der Waals surface area contributed by atoms with Crippen molar-refractivity contribution in [1.82, 2.24) is 9.55 Å². The van der Waals surface area contributed by atoms with Gasteiger partial charge in [0.2, 0.25) is 12.7 Å². The third kappa shape index (κ3) is 3.11. The van der Waals surface area contributed by atoms with Gasteiger partial charge >= 0.3 is 6.09 Å². The first-order chi connectivity index (χ1) is 15.3. The number of amides is 2. The van der Waals surface area contributed by atoms with Crippen molar-refractivity contribution < 1.29 is 37.3 Å². The molecule has 2 amide bonds. The number of aromatic nitrogens is 2. The number of halogens is 2. The lowest BCUT2D eigenvalue weighted by atomic mass is 10.1. The van der Waals surface area contributed by atoms with Crippen molar-refractivity contribution >= 4 is 23.5 Å². The van der Waals surface area contributed by atoms with Gasteiger partial charge in [-0.05, 0) is 6.92 Å². The first-order valence-electron chi connectivity index (χ1n) is 9.82. The van der Waals surface area contributed by atoms with Crippen molar-refractivity contribution in [3.8, 4) is 28.6 Å². The maximum Gasteiger partial charge on any atom is 0.416 e. The summed E-state index contributed by atoms with van der Waals surface area (Å²) < 4.78 is 50.5. The lowest BCUT2D eigenvalue weighted by Gasteiger charge is -2.18. The Morgan fingerprint density at radius 2 is 2.06 bits per heavy atom. The Morgan fingerprint density at radius 3 is 2.81 bits per heavy atom. The molecule has 1 aromatic carbocycles. The number of benzene rings is 1. The summed E-state index contributed by atoms with van der Waals surface area (Å²) in [5, 5.41) is 2.97. The summed E-state index contributed by atoms with van der Waals surface area (Å²) in [6.07, 6.45) is -2.18. The van der Waals surface area contributed by atoms with Gasteiger partial charge in [-0.25, -0.2) is 23.5 Å². The summed E-state index contributed by atoms with van der Waals surface area (Å²) in [4.78, 5) is 28.9. The van der Waals surface area contributed by atoms with Crippen LogP contribution in [0, 0.1) is 0 Å². The first kappa shape index (κ1) is 20.2. The summed E-state index contributed by atoms with van der Waals surface area (Å²) >= 11 is 0. The topological polar surface area (TPSA) is 130 Å². The number of carbonyl (C=O) groups is 2. The Morgan fingerprint density at radius 1 is 1.28 bits per heavy atom. The van der Waals surface area contributed by atoms with E-state index in [1.54, 1.807) is 17.6 Å². The summed E-state index contributed by atoms with van der Waals surface area (Å²) in [6, 6.07) is -0.476. The van der Waals surface area contributed by atoms with E-state index in [2.05, 4.69) is 10.3 Å². The van der Waals surface area contributed by atoms with Crippen LogP contribution in [0.15, 0.2) is 12.3 Å². The normalized spacial score (nSPS) is 19.7. The third-order valence-corrected chi connectivity index (χ3v) is 5.43. The lowest BCUT2D eigenvalue weighted by Crippen LogP contribution is -2.38. The van der Waals surface area contributed by atoms with Crippen molar-refractivity contribution in [1.29, 1.82) is 0 Å². The second-order valence-corrected chi connectivity index (χ2v) is 7.44. The third-order valence-electron chi connectivity index (χ3n) is 5.43. The summed E-state index contributed by atoms with van der Waals surface area (Å²) in [5.74, 6) is 0.883. The van der Waals surface area contributed by atoms with Crippen LogP contribution in [0.3, 0.4) is 0 Å². The molecule has 32 heavy (non-hydrogen) atoms. The van der Waals surface area contributed by atoms with E-state index in [0.717, 1.165) is 4.90 Å². The molecule has 0 bridgehead atoms. The van der Waals surface area contributed by atoms with Gasteiger partial charge in [0.15, 0.2) is 17.3 Å². The van der Waals surface area contributed by atoms with E-state index >= 15 is 0 Å². The van der Waals surface area contributed by atoms with E-state index in [-0.39, 0.29) is 19.2 Å². The zero-order valence-electron chi connectivity index (χ0n) is 16.8. The molecule has 0 saturated carbocycles. The van der Waals surface area contributed by atoms with Crippen LogP contribution >= 0.6 is 0 Å². The number of carbonyl (C=O) groups excluding carboxylic acids is 2. The smallest absolute Gasteiger partial charge is 0.416 e. The Balaban J connectivity index is 1.61. The van der Waals surface area contributed by atoms with Gasteiger partial charge in [0.05, 0.1) is 12.2 Å². The lowest BCUT2D eigenvalue weighted by molar-refractivity contribution is -0.118. The molecule has 2 aromatic rings. The largest absolute Gasteiger partial charge is 0.491 e. The number of ether oxygens (including phenoxy) is 4. The quantitative estimate of drug-likeness (QED) is 0.700. The predicted octanol–water partition coefficient (Wildman–Crippen LogP) is 1.55. The summed E-state index contributed by atoms with van der Waals surface area (Å²) in [5.41, 5.74) is 6.24. The molecule has 3 aliphatic rings. The molecule has 3 N–H and O–H groups in total. The van der Waals surface area contributed by atoms with E-state index in [1.165, 1.54) is 6.20 Å². The fourth-order valence-electron chi connectivity index (χ4n) is 3.81. The molecule has 1 fully saturated rings. The maximum absolute atomic E-state index is 13.4. The summed E-state index contributed by atoms with van der Waals surface area (Å²) in [6.45, 7) is 1.69. The zero-order chi connectivity index (χ0) is 22.6. The van der Waals surface area contributed by atoms with Crippen LogP contribution in [0.4, 0.5) is 25.1 Å². The first-order valence-corrected chi connectivity index (χ1v) is 9.82. The van der Waals surface area contributed by atoms with Crippen LogP contribution in [-0.4, -0.2) is 60.1 Å². The van der Waals surface area contributed by atoms with Crippen molar-refractivity contribution in [3.63, 3.8) is 0 Å². The van der Waals surface area contributed by atoms with Gasteiger partial charge in [-0.1, -0.05) is 0 Å². The van der Waals surface area contributed by atoms with E-state index in [4.69, 9.17) is 24.7 Å². The maximum atomic E-state index is 13.4. The second kappa shape index (κ2) is 7.43. The zero-order valence-corrected chi connectivity index (χ0v) is 16.8. The number of hydrogen-bond acceptors (Lipinski definition) is 8. The molecule has 170 valence electrons. The molecule has 1 aromatic heterocycles. The molecule has 2 atom stereocenters. The monoisotopic (exact) mass is 451 g/mol. The molecule has 0 radical (unpaired) electrons. The minimum Gasteiger partial charge on any atom is -0.491 e. The second-order valence-electron chi connectivity index (χ2n) is 7.44. The fraction of sp³-hybridized carbons (Fsp3) is 0.421. The van der Waals surface area contributed by atoms with Crippen LogP contribution in [-0.2, 0) is 16.1 Å². The van der Waals surface area contributed by atoms with E-state index in [0.29, 0.717) is 40.9 Å². The van der Waals surface area contributed by atoms with Crippen LogP contribution < -0.4 is 30.2 Å². The highest BCUT2D eigenvalue weighted by atomic mass is 19.3. The van der Waals surface area contributed by atoms with Gasteiger partial charge in [-0.15, -0.1) is 0 Å². The number of anilines is 2.